The van der Waals surface area contributed by atoms with Gasteiger partial charge in [-0.15, -0.1) is 0 Å². The number of carbonyl (C=O) groups is 2. The third-order valence-electron chi connectivity index (χ3n) is 4.02. The van der Waals surface area contributed by atoms with Crippen LogP contribution in [0.4, 0.5) is 17.1 Å². The van der Waals surface area contributed by atoms with Gasteiger partial charge in [0.05, 0.1) is 11.4 Å². The predicted octanol–water partition coefficient (Wildman–Crippen LogP) is 4.42. The third kappa shape index (κ3) is 8.46. The summed E-state index contributed by atoms with van der Waals surface area (Å²) in [5.41, 5.74) is 3.14. The minimum Gasteiger partial charge on any atom is -0.378 e. The van der Waals surface area contributed by atoms with Crippen molar-refractivity contribution >= 4 is 50.5 Å². The van der Waals surface area contributed by atoms with E-state index in [1.165, 1.54) is 0 Å². The molecule has 0 saturated heterocycles. The lowest BCUT2D eigenvalue weighted by Crippen LogP contribution is -2.25. The molecule has 0 bridgehead atoms. The maximum Gasteiger partial charge on any atom is 0.251 e. The number of benzene rings is 2. The number of amides is 2. The second kappa shape index (κ2) is 12.9. The number of carbonyl (C=O) groups excluding carboxylic acids is 2. The molecule has 0 spiro atoms. The first-order valence-corrected chi connectivity index (χ1v) is 12.0. The topological polar surface area (TPSA) is 86.2 Å². The van der Waals surface area contributed by atoms with Gasteiger partial charge in [0.2, 0.25) is 5.91 Å². The highest BCUT2D eigenvalue weighted by molar-refractivity contribution is 8.76. The van der Waals surface area contributed by atoms with Crippen LogP contribution in [0.5, 0.6) is 0 Å². The lowest BCUT2D eigenvalue weighted by Gasteiger charge is -2.11. The molecule has 160 valence electrons. The van der Waals surface area contributed by atoms with Crippen molar-refractivity contribution in [2.24, 2.45) is 10.2 Å². The van der Waals surface area contributed by atoms with E-state index in [-0.39, 0.29) is 11.8 Å². The fourth-order valence-electron chi connectivity index (χ4n) is 2.30. The van der Waals surface area contributed by atoms with Crippen molar-refractivity contribution in [2.45, 2.75) is 6.42 Å². The minimum atomic E-state index is -0.117. The van der Waals surface area contributed by atoms with Crippen LogP contribution in [-0.2, 0) is 4.79 Å². The standard InChI is InChI=1S/C21H27N5O2S2/c1-22-20(27)12-14-29-30-15-13-23-21(28)16-4-6-17(7-5-16)24-25-18-8-10-19(11-9-18)26(2)3/h4-11H,12-15H2,1-3H3,(H,22,27)(H,23,28)/b25-24+. The molecule has 0 radical (unpaired) electrons. The van der Waals surface area contributed by atoms with Crippen molar-refractivity contribution in [3.8, 4) is 0 Å². The van der Waals surface area contributed by atoms with E-state index in [1.807, 2.05) is 43.3 Å². The molecule has 0 aliphatic carbocycles. The van der Waals surface area contributed by atoms with E-state index in [1.54, 1.807) is 52.9 Å². The second-order valence-electron chi connectivity index (χ2n) is 6.48. The number of anilines is 1. The summed E-state index contributed by atoms with van der Waals surface area (Å²) in [5.74, 6) is 1.47. The average Bonchev–Trinajstić information content (AvgIpc) is 2.77. The van der Waals surface area contributed by atoms with Crippen LogP contribution in [-0.4, -0.2) is 51.0 Å². The van der Waals surface area contributed by atoms with Gasteiger partial charge in [0, 0.05) is 56.9 Å². The lowest BCUT2D eigenvalue weighted by molar-refractivity contribution is -0.120. The zero-order chi connectivity index (χ0) is 21.8. The average molecular weight is 446 g/mol. The maximum absolute atomic E-state index is 12.2. The summed E-state index contributed by atoms with van der Waals surface area (Å²) < 4.78 is 0. The summed E-state index contributed by atoms with van der Waals surface area (Å²) in [5, 5.41) is 13.9. The molecule has 0 fully saturated rings. The van der Waals surface area contributed by atoms with E-state index in [0.29, 0.717) is 24.2 Å². The highest BCUT2D eigenvalue weighted by atomic mass is 33.1. The second-order valence-corrected chi connectivity index (χ2v) is 9.18. The molecule has 2 amide bonds. The van der Waals surface area contributed by atoms with Crippen LogP contribution in [0.2, 0.25) is 0 Å². The quantitative estimate of drug-likeness (QED) is 0.304. The highest BCUT2D eigenvalue weighted by Crippen LogP contribution is 2.22. The molecule has 0 saturated carbocycles. The molecule has 0 atom stereocenters. The Morgan fingerprint density at radius 1 is 0.900 bits per heavy atom. The van der Waals surface area contributed by atoms with Crippen LogP contribution in [0.15, 0.2) is 58.8 Å². The Morgan fingerprint density at radius 3 is 2.03 bits per heavy atom. The molecule has 7 nitrogen and oxygen atoms in total. The first-order chi connectivity index (χ1) is 14.5. The van der Waals surface area contributed by atoms with Crippen LogP contribution in [0, 0.1) is 0 Å². The van der Waals surface area contributed by atoms with E-state index in [9.17, 15) is 9.59 Å². The number of hydrogen-bond donors (Lipinski definition) is 2. The van der Waals surface area contributed by atoms with Crippen molar-refractivity contribution in [2.75, 3.05) is 44.1 Å². The van der Waals surface area contributed by atoms with Gasteiger partial charge < -0.3 is 15.5 Å². The summed E-state index contributed by atoms with van der Waals surface area (Å²) in [6, 6.07) is 14.8. The molecule has 2 N–H and O–H groups in total. The Bertz CT molecular complexity index is 839. The third-order valence-corrected chi connectivity index (χ3v) is 6.43. The van der Waals surface area contributed by atoms with Gasteiger partial charge in [0.1, 0.15) is 0 Å². The Morgan fingerprint density at radius 2 is 1.47 bits per heavy atom. The van der Waals surface area contributed by atoms with Crippen LogP contribution < -0.4 is 15.5 Å². The molecule has 30 heavy (non-hydrogen) atoms. The van der Waals surface area contributed by atoms with Crippen LogP contribution in [0.3, 0.4) is 0 Å². The summed E-state index contributed by atoms with van der Waals surface area (Å²) in [7, 11) is 8.89. The first-order valence-electron chi connectivity index (χ1n) is 9.52. The Hall–Kier alpha value is -2.52. The van der Waals surface area contributed by atoms with E-state index < -0.39 is 0 Å². The molecule has 2 rings (SSSR count). The minimum absolute atomic E-state index is 0.0432. The first kappa shape index (κ1) is 23.8. The summed E-state index contributed by atoms with van der Waals surface area (Å²) >= 11 is 0. The van der Waals surface area contributed by atoms with Gasteiger partial charge in [-0.2, -0.15) is 10.2 Å². The van der Waals surface area contributed by atoms with Gasteiger partial charge in [-0.1, -0.05) is 21.6 Å². The number of nitrogens with zero attached hydrogens (tertiary/aromatic N) is 3. The van der Waals surface area contributed by atoms with E-state index in [2.05, 4.69) is 20.9 Å². The normalized spacial score (nSPS) is 10.8. The molecule has 0 aliphatic heterocycles. The van der Waals surface area contributed by atoms with Gasteiger partial charge in [-0.05, 0) is 48.5 Å². The zero-order valence-electron chi connectivity index (χ0n) is 17.4. The fourth-order valence-corrected chi connectivity index (χ4v) is 4.19. The van der Waals surface area contributed by atoms with Crippen LogP contribution >= 0.6 is 21.6 Å². The van der Waals surface area contributed by atoms with E-state index in [4.69, 9.17) is 0 Å². The Balaban J connectivity index is 1.72. The molecule has 0 aromatic heterocycles. The van der Waals surface area contributed by atoms with E-state index >= 15 is 0 Å². The number of hydrogen-bond acceptors (Lipinski definition) is 7. The summed E-state index contributed by atoms with van der Waals surface area (Å²) in [6.07, 6.45) is 0.506. The molecular formula is C21H27N5O2S2. The molecule has 2 aromatic carbocycles. The predicted molar refractivity (Wildman–Crippen MR) is 127 cm³/mol. The lowest BCUT2D eigenvalue weighted by atomic mass is 10.2. The van der Waals surface area contributed by atoms with Gasteiger partial charge in [-0.25, -0.2) is 0 Å². The van der Waals surface area contributed by atoms with Gasteiger partial charge in [0.15, 0.2) is 0 Å². The Kier molecular flexibility index (Phi) is 10.2. The maximum atomic E-state index is 12.2. The Labute approximate surface area is 185 Å². The van der Waals surface area contributed by atoms with E-state index in [0.717, 1.165) is 22.9 Å². The number of azo groups is 1. The zero-order valence-corrected chi connectivity index (χ0v) is 19.1. The smallest absolute Gasteiger partial charge is 0.251 e. The van der Waals surface area contributed by atoms with Gasteiger partial charge in [-0.3, -0.25) is 9.59 Å². The van der Waals surface area contributed by atoms with Crippen molar-refractivity contribution in [3.63, 3.8) is 0 Å². The van der Waals surface area contributed by atoms with Crippen molar-refractivity contribution in [1.82, 2.24) is 10.6 Å². The number of rotatable bonds is 11. The summed E-state index contributed by atoms with van der Waals surface area (Å²) in [4.78, 5) is 25.3. The van der Waals surface area contributed by atoms with Crippen LogP contribution in [0.1, 0.15) is 16.8 Å². The van der Waals surface area contributed by atoms with Crippen molar-refractivity contribution in [1.29, 1.82) is 0 Å². The fraction of sp³-hybridized carbons (Fsp3) is 0.333. The molecule has 0 aliphatic rings. The molecule has 0 unspecified atom stereocenters. The molecule has 2 aromatic rings. The monoisotopic (exact) mass is 445 g/mol. The number of nitrogens with one attached hydrogen (secondary N) is 2. The van der Waals surface area contributed by atoms with Gasteiger partial charge >= 0.3 is 0 Å². The van der Waals surface area contributed by atoms with Crippen LogP contribution in [0.25, 0.3) is 0 Å². The largest absolute Gasteiger partial charge is 0.378 e. The van der Waals surface area contributed by atoms with Gasteiger partial charge in [0.25, 0.3) is 5.91 Å². The summed E-state index contributed by atoms with van der Waals surface area (Å²) in [6.45, 7) is 0.570. The molecule has 9 heteroatoms. The highest BCUT2D eigenvalue weighted by Gasteiger charge is 2.05. The molecular weight excluding hydrogens is 418 g/mol. The van der Waals surface area contributed by atoms with Crippen molar-refractivity contribution in [3.05, 3.63) is 54.1 Å². The SMILES string of the molecule is CNC(=O)CCSSCCNC(=O)c1ccc(/N=N/c2ccc(N(C)C)cc2)cc1. The van der Waals surface area contributed by atoms with Crippen molar-refractivity contribution < 1.29 is 9.59 Å². The molecule has 0 heterocycles.